The van der Waals surface area contributed by atoms with Gasteiger partial charge in [-0.05, 0) is 61.2 Å². The lowest BCUT2D eigenvalue weighted by Crippen LogP contribution is -2.65. The van der Waals surface area contributed by atoms with Crippen LogP contribution >= 0.6 is 11.3 Å². The number of sulfonamides is 1. The maximum atomic E-state index is 16.2. The molecule has 8 heterocycles. The number of nitrogens with two attached hydrogens (primary N) is 1. The largest absolute Gasteiger partial charge is 0.468 e. The number of nitrogen functional groups attached to an aromatic ring is 1. The van der Waals surface area contributed by atoms with Crippen molar-refractivity contribution >= 4 is 90.3 Å². The Labute approximate surface area is 520 Å². The van der Waals surface area contributed by atoms with E-state index in [0.717, 1.165) is 5.01 Å². The lowest BCUT2D eigenvalue weighted by atomic mass is 9.88. The summed E-state index contributed by atoms with van der Waals surface area (Å²) in [7, 11) is -2.58. The Bertz CT molecular complexity index is 3920. The fraction of sp³-hybridized carbons (Fsp3) is 0.450. The quantitative estimate of drug-likeness (QED) is 0.0253. The van der Waals surface area contributed by atoms with Crippen LogP contribution in [0.5, 0.6) is 0 Å². The molecule has 4 aliphatic heterocycles. The summed E-state index contributed by atoms with van der Waals surface area (Å²) in [5, 5.41) is 19.3. The Morgan fingerprint density at radius 2 is 1.50 bits per heavy atom. The molecule has 90 heavy (non-hydrogen) atoms. The van der Waals surface area contributed by atoms with Crippen molar-refractivity contribution in [3.8, 4) is 33.0 Å². The number of carbonyl (C=O) groups excluding carboxylic acids is 6. The summed E-state index contributed by atoms with van der Waals surface area (Å²) in [5.74, 6) is -3.97. The van der Waals surface area contributed by atoms with Crippen molar-refractivity contribution in [3.63, 3.8) is 0 Å². The molecule has 0 saturated carbocycles. The molecule has 0 radical (unpaired) electrons. The number of piperidine rings is 2. The molecule has 30 heteroatoms. The van der Waals surface area contributed by atoms with Crippen LogP contribution in [0, 0.1) is 11.6 Å². The van der Waals surface area contributed by atoms with E-state index in [2.05, 4.69) is 40.5 Å². The second-order valence-corrected chi connectivity index (χ2v) is 24.9. The van der Waals surface area contributed by atoms with E-state index >= 15 is 8.78 Å². The molecule has 5 amide bonds. The molecule has 2 saturated heterocycles. The number of aromatic nitrogens is 7. The fourth-order valence-corrected chi connectivity index (χ4v) is 13.9. The maximum Gasteiger partial charge on any atom is 0.340 e. The number of rotatable bonds is 28. The zero-order valence-corrected chi connectivity index (χ0v) is 51.5. The van der Waals surface area contributed by atoms with Crippen molar-refractivity contribution in [3.05, 3.63) is 89.3 Å². The molecule has 0 spiro atoms. The van der Waals surface area contributed by atoms with E-state index in [-0.39, 0.29) is 148 Å². The zero-order chi connectivity index (χ0) is 63.5. The van der Waals surface area contributed by atoms with Gasteiger partial charge in [0, 0.05) is 78.8 Å². The Morgan fingerprint density at radius 1 is 0.778 bits per heavy atom. The van der Waals surface area contributed by atoms with Gasteiger partial charge < -0.3 is 45.5 Å². The smallest absolute Gasteiger partial charge is 0.340 e. The molecule has 478 valence electrons. The number of esters is 1. The SMILES string of the molecule is CCCS(=O)(=O)Nc1cccc(-c2nc(C3CCN(C(=O)CCOCCOCCOCCNC(=O)CCC(=O)[N+]45CCC(CC4)c4nn(CC(=O)NCC(=O)NCC(=O)OC)c6cccc(c46)-c4cc6c(cnn65)cc4F)CC3)sc2-c2ccnc(N)n2)c1F. The standard InChI is InChI=1S/C60H70F2N14O12S2/c1-3-30-90(83,84)72-44-8-4-7-41(55(44)62)57-58(45-12-18-65-60(63)69-45)89-59(70-57)38-13-20-73(21-14-38)51(80)17-24-86-26-28-88-29-27-87-25-19-64-48(77)10-11-52(81)76-22-15-37(16-23-76)56-54-40(42-32-47-39(31-43(42)61)33-68-75(47)76)6-5-9-46(54)74(71-56)36-50(79)66-34-49(78)67-35-53(82)85-2/h4-9,12,18,31-33,37-38,72H,3,10-11,13-17,19-30,34-36H2,1-2H3,(H4-,63,64,65,66,67,69,77,78,79)/p+1. The molecule has 7 aromatic rings. The Kier molecular flexibility index (Phi) is 20.8. The highest BCUT2D eigenvalue weighted by molar-refractivity contribution is 7.92. The van der Waals surface area contributed by atoms with Crippen LogP contribution in [0.15, 0.2) is 67.0 Å². The van der Waals surface area contributed by atoms with Gasteiger partial charge in [0.15, 0.2) is 5.82 Å². The molecule has 2 fully saturated rings. The maximum absolute atomic E-state index is 16.2. The summed E-state index contributed by atoms with van der Waals surface area (Å²) in [6.45, 7) is 4.01. The van der Waals surface area contributed by atoms with E-state index in [4.69, 9.17) is 30.0 Å². The number of nitrogens with zero attached hydrogens (tertiary/aromatic N) is 9. The molecule has 0 aliphatic carbocycles. The number of benzene rings is 3. The van der Waals surface area contributed by atoms with Gasteiger partial charge in [-0.25, -0.2) is 36.9 Å². The third-order valence-electron chi connectivity index (χ3n) is 16.1. The number of likely N-dealkylation sites (tertiary alicyclic amines) is 1. The van der Waals surface area contributed by atoms with Crippen LogP contribution < -0.4 is 31.0 Å². The molecule has 6 N–H and O–H groups in total. The Morgan fingerprint density at radius 3 is 2.24 bits per heavy atom. The number of ether oxygens (including phenoxy) is 4. The van der Waals surface area contributed by atoms with Crippen molar-refractivity contribution in [1.29, 1.82) is 0 Å². The highest BCUT2D eigenvalue weighted by atomic mass is 32.2. The van der Waals surface area contributed by atoms with E-state index in [1.165, 1.54) is 47.7 Å². The normalized spacial score (nSPS) is 16.5. The van der Waals surface area contributed by atoms with E-state index in [1.54, 1.807) is 59.1 Å². The van der Waals surface area contributed by atoms with Gasteiger partial charge in [-0.1, -0.05) is 29.9 Å². The molecule has 26 nitrogen and oxygen atoms in total. The molecule has 0 unspecified atom stereocenters. The summed E-state index contributed by atoms with van der Waals surface area (Å²) in [5.41, 5.74) is 9.20. The molecule has 0 atom stereocenters. The molecular formula is C60H71F2N14O12S2+. The number of thiazole rings is 1. The summed E-state index contributed by atoms with van der Waals surface area (Å²) in [6, 6.07) is 14.6. The van der Waals surface area contributed by atoms with Gasteiger partial charge in [0.2, 0.25) is 39.6 Å². The number of hydrogen-bond donors (Lipinski definition) is 5. The second-order valence-electron chi connectivity index (χ2n) is 22.0. The zero-order valence-electron chi connectivity index (χ0n) is 49.8. The van der Waals surface area contributed by atoms with Crippen LogP contribution in [-0.2, 0) is 64.3 Å². The van der Waals surface area contributed by atoms with Crippen molar-refractivity contribution in [2.75, 3.05) is 109 Å². The van der Waals surface area contributed by atoms with Crippen molar-refractivity contribution in [1.82, 2.24) is 60.1 Å². The van der Waals surface area contributed by atoms with Gasteiger partial charge in [0.1, 0.15) is 37.5 Å². The van der Waals surface area contributed by atoms with Crippen molar-refractivity contribution in [2.24, 2.45) is 0 Å². The van der Waals surface area contributed by atoms with Crippen LogP contribution in [0.1, 0.15) is 80.8 Å². The van der Waals surface area contributed by atoms with E-state index < -0.39 is 39.4 Å². The minimum atomic E-state index is -3.77. The van der Waals surface area contributed by atoms with Gasteiger partial charge in [-0.2, -0.15) is 5.10 Å². The van der Waals surface area contributed by atoms with E-state index in [1.807, 2.05) is 0 Å². The third kappa shape index (κ3) is 14.9. The number of halogens is 2. The lowest BCUT2D eigenvalue weighted by Gasteiger charge is -2.39. The number of carbonyl (C=O) groups is 6. The van der Waals surface area contributed by atoms with Gasteiger partial charge in [-0.15, -0.1) is 21.0 Å². The first-order valence-electron chi connectivity index (χ1n) is 29.8. The number of amides is 5. The van der Waals surface area contributed by atoms with Crippen LogP contribution in [0.3, 0.4) is 0 Å². The van der Waals surface area contributed by atoms with Crippen LogP contribution in [0.25, 0.3) is 54.8 Å². The number of anilines is 2. The van der Waals surface area contributed by atoms with Gasteiger partial charge in [0.25, 0.3) is 0 Å². The number of hydrogen-bond acceptors (Lipinski definition) is 19. The predicted octanol–water partition coefficient (Wildman–Crippen LogP) is 4.65. The average molecular weight is 1280 g/mol. The minimum absolute atomic E-state index is 0.0325. The highest BCUT2D eigenvalue weighted by Crippen LogP contribution is 2.45. The van der Waals surface area contributed by atoms with E-state index in [0.29, 0.717) is 108 Å². The van der Waals surface area contributed by atoms with Crippen molar-refractivity contribution in [2.45, 2.75) is 76.7 Å². The first-order chi connectivity index (χ1) is 43.4. The summed E-state index contributed by atoms with van der Waals surface area (Å²) >= 11 is 1.35. The van der Waals surface area contributed by atoms with Crippen LogP contribution in [0.2, 0.25) is 0 Å². The van der Waals surface area contributed by atoms with Gasteiger partial charge in [-0.3, -0.25) is 33.4 Å². The molecule has 11 rings (SSSR count). The van der Waals surface area contributed by atoms with Gasteiger partial charge >= 0.3 is 11.9 Å². The lowest BCUT2D eigenvalue weighted by molar-refractivity contribution is -0.142. The van der Waals surface area contributed by atoms with Crippen LogP contribution in [-0.4, -0.2) is 182 Å². The van der Waals surface area contributed by atoms with E-state index in [9.17, 15) is 37.2 Å². The monoisotopic (exact) mass is 1280 g/mol. The fourth-order valence-electron chi connectivity index (χ4n) is 11.6. The van der Waals surface area contributed by atoms with Gasteiger partial charge in [0.05, 0.1) is 116 Å². The number of quaternary nitrogens is 1. The number of methoxy groups -OCH3 is 1. The first kappa shape index (κ1) is 64.6. The predicted molar refractivity (Wildman–Crippen MR) is 329 cm³/mol. The Balaban J connectivity index is 0.633. The topological polar surface area (TPSA) is 325 Å². The number of nitrogens with one attached hydrogen (secondary N) is 4. The molecule has 3 aromatic carbocycles. The minimum Gasteiger partial charge on any atom is -0.468 e. The summed E-state index contributed by atoms with van der Waals surface area (Å²) in [4.78, 5) is 95.0. The molecule has 4 aliphatic rings. The third-order valence-corrected chi connectivity index (χ3v) is 18.8. The first-order valence-corrected chi connectivity index (χ1v) is 32.3. The molecule has 4 bridgehead atoms. The average Bonchev–Trinajstić information content (AvgIpc) is 1.57. The molecule has 4 aromatic heterocycles. The molecular weight excluding hydrogens is 1210 g/mol. The number of fused-ring (bicyclic) bond motifs is 2. The van der Waals surface area contributed by atoms with Crippen LogP contribution in [0.4, 0.5) is 20.4 Å². The Hall–Kier alpha value is -8.42. The summed E-state index contributed by atoms with van der Waals surface area (Å²) < 4.78 is 82.6. The second kappa shape index (κ2) is 29.0. The highest BCUT2D eigenvalue weighted by Gasteiger charge is 2.46. The summed E-state index contributed by atoms with van der Waals surface area (Å²) in [6.07, 6.45) is 5.61. The van der Waals surface area contributed by atoms with Crippen molar-refractivity contribution < 1.29 is 64.9 Å².